The van der Waals surface area contributed by atoms with Crippen molar-refractivity contribution in [1.29, 1.82) is 0 Å². The van der Waals surface area contributed by atoms with Crippen LogP contribution in [0.1, 0.15) is 33.0 Å². The standard InChI is InChI=1S/C20H17N3O3/c24-19(18-9-7-15(12-21-18)20(25)26)11-17-10-16(22-13-23-17)8-6-14-4-2-1-3-5-14/h1-5,7,9-13,24H,6,8H2,(H,25,26)/b19-11-. The van der Waals surface area contributed by atoms with Gasteiger partial charge in [-0.1, -0.05) is 30.3 Å². The van der Waals surface area contributed by atoms with Crippen LogP contribution in [-0.4, -0.2) is 31.1 Å². The van der Waals surface area contributed by atoms with Crippen molar-refractivity contribution < 1.29 is 15.0 Å². The van der Waals surface area contributed by atoms with Crippen LogP contribution in [0.25, 0.3) is 11.8 Å². The van der Waals surface area contributed by atoms with Crippen molar-refractivity contribution in [3.63, 3.8) is 0 Å². The van der Waals surface area contributed by atoms with Gasteiger partial charge in [-0.05, 0) is 36.6 Å². The number of rotatable bonds is 6. The molecular weight excluding hydrogens is 330 g/mol. The molecule has 6 nitrogen and oxygen atoms in total. The molecule has 0 aliphatic heterocycles. The summed E-state index contributed by atoms with van der Waals surface area (Å²) in [5.74, 6) is -1.15. The van der Waals surface area contributed by atoms with Crippen LogP contribution in [0.15, 0.2) is 61.1 Å². The van der Waals surface area contributed by atoms with E-state index in [-0.39, 0.29) is 17.0 Å². The van der Waals surface area contributed by atoms with Gasteiger partial charge in [0.1, 0.15) is 17.8 Å². The monoisotopic (exact) mass is 347 g/mol. The third-order valence-electron chi connectivity index (χ3n) is 3.81. The van der Waals surface area contributed by atoms with Gasteiger partial charge in [0.05, 0.1) is 11.3 Å². The Morgan fingerprint density at radius 2 is 1.77 bits per heavy atom. The number of hydrogen-bond donors (Lipinski definition) is 2. The van der Waals surface area contributed by atoms with Crippen LogP contribution in [0.5, 0.6) is 0 Å². The highest BCUT2D eigenvalue weighted by Crippen LogP contribution is 2.14. The summed E-state index contributed by atoms with van der Waals surface area (Å²) in [4.78, 5) is 23.2. The SMILES string of the molecule is O=C(O)c1ccc(/C(O)=C/c2cc(CCc3ccccc3)ncn2)nc1. The largest absolute Gasteiger partial charge is 0.506 e. The number of carbonyl (C=O) groups is 1. The normalized spacial score (nSPS) is 11.3. The molecule has 0 unspecified atom stereocenters. The molecule has 0 saturated heterocycles. The molecule has 0 aliphatic carbocycles. The van der Waals surface area contributed by atoms with Crippen LogP contribution < -0.4 is 0 Å². The Labute approximate surface area is 150 Å². The Morgan fingerprint density at radius 1 is 0.962 bits per heavy atom. The van der Waals surface area contributed by atoms with Crippen LogP contribution >= 0.6 is 0 Å². The number of aromatic nitrogens is 3. The van der Waals surface area contributed by atoms with E-state index in [9.17, 15) is 9.90 Å². The first-order valence-corrected chi connectivity index (χ1v) is 8.07. The van der Waals surface area contributed by atoms with Gasteiger partial charge < -0.3 is 10.2 Å². The van der Waals surface area contributed by atoms with Crippen LogP contribution in [0, 0.1) is 0 Å². The van der Waals surface area contributed by atoms with Gasteiger partial charge in [0, 0.05) is 18.0 Å². The van der Waals surface area contributed by atoms with Crippen LogP contribution in [0.2, 0.25) is 0 Å². The Kier molecular flexibility index (Phi) is 5.34. The summed E-state index contributed by atoms with van der Waals surface area (Å²) >= 11 is 0. The van der Waals surface area contributed by atoms with Gasteiger partial charge in [-0.3, -0.25) is 4.98 Å². The molecule has 130 valence electrons. The quantitative estimate of drug-likeness (QED) is 0.663. The fourth-order valence-electron chi connectivity index (χ4n) is 2.43. The average molecular weight is 347 g/mol. The summed E-state index contributed by atoms with van der Waals surface area (Å²) in [6, 6.07) is 14.8. The number of nitrogens with zero attached hydrogens (tertiary/aromatic N) is 3. The molecule has 2 N–H and O–H groups in total. The van der Waals surface area contributed by atoms with E-state index in [1.807, 2.05) is 24.3 Å². The van der Waals surface area contributed by atoms with Crippen molar-refractivity contribution in [3.05, 3.63) is 89.3 Å². The van der Waals surface area contributed by atoms with Gasteiger partial charge in [-0.2, -0.15) is 0 Å². The highest BCUT2D eigenvalue weighted by atomic mass is 16.4. The minimum Gasteiger partial charge on any atom is -0.506 e. The molecule has 0 saturated carbocycles. The minimum absolute atomic E-state index is 0.0618. The third kappa shape index (κ3) is 4.51. The number of carboxylic acid groups (broad SMARTS) is 1. The van der Waals surface area contributed by atoms with Crippen molar-refractivity contribution in [1.82, 2.24) is 15.0 Å². The summed E-state index contributed by atoms with van der Waals surface area (Å²) in [5.41, 5.74) is 3.00. The smallest absolute Gasteiger partial charge is 0.337 e. The van der Waals surface area contributed by atoms with Crippen molar-refractivity contribution in [3.8, 4) is 0 Å². The van der Waals surface area contributed by atoms with E-state index in [1.165, 1.54) is 36.3 Å². The molecular formula is C20H17N3O3. The number of aromatic carboxylic acids is 1. The van der Waals surface area contributed by atoms with Crippen LogP contribution in [-0.2, 0) is 12.8 Å². The number of pyridine rings is 1. The van der Waals surface area contributed by atoms with E-state index in [2.05, 4.69) is 27.1 Å². The number of aryl methyl sites for hydroxylation is 2. The first-order valence-electron chi connectivity index (χ1n) is 8.07. The van der Waals surface area contributed by atoms with Gasteiger partial charge in [0.25, 0.3) is 0 Å². The van der Waals surface area contributed by atoms with Crippen LogP contribution in [0.3, 0.4) is 0 Å². The van der Waals surface area contributed by atoms with Gasteiger partial charge in [0.15, 0.2) is 0 Å². The maximum absolute atomic E-state index is 10.8. The second-order valence-electron chi connectivity index (χ2n) is 5.69. The summed E-state index contributed by atoms with van der Waals surface area (Å²) in [6.45, 7) is 0. The number of hydrogen-bond acceptors (Lipinski definition) is 5. The predicted molar refractivity (Wildman–Crippen MR) is 97.6 cm³/mol. The highest BCUT2D eigenvalue weighted by molar-refractivity contribution is 5.87. The van der Waals surface area contributed by atoms with E-state index in [4.69, 9.17) is 5.11 Å². The lowest BCUT2D eigenvalue weighted by atomic mass is 10.1. The molecule has 3 aromatic rings. The van der Waals surface area contributed by atoms with Gasteiger partial charge in [0.2, 0.25) is 0 Å². The fourth-order valence-corrected chi connectivity index (χ4v) is 2.43. The Bertz CT molecular complexity index is 923. The van der Waals surface area contributed by atoms with Crippen molar-refractivity contribution >= 4 is 17.8 Å². The molecule has 0 aliphatic rings. The van der Waals surface area contributed by atoms with Gasteiger partial charge >= 0.3 is 5.97 Å². The van der Waals surface area contributed by atoms with E-state index in [1.54, 1.807) is 0 Å². The molecule has 0 atom stereocenters. The third-order valence-corrected chi connectivity index (χ3v) is 3.81. The lowest BCUT2D eigenvalue weighted by Gasteiger charge is -2.03. The topological polar surface area (TPSA) is 96.2 Å². The molecule has 0 spiro atoms. The first kappa shape index (κ1) is 17.3. The summed E-state index contributed by atoms with van der Waals surface area (Å²) < 4.78 is 0. The molecule has 0 amide bonds. The number of carboxylic acids is 1. The summed E-state index contributed by atoms with van der Waals surface area (Å²) in [5, 5.41) is 19.1. The lowest BCUT2D eigenvalue weighted by Crippen LogP contribution is -1.99. The van der Waals surface area contributed by atoms with Gasteiger partial charge in [-0.15, -0.1) is 0 Å². The van der Waals surface area contributed by atoms with Gasteiger partial charge in [-0.25, -0.2) is 14.8 Å². The Hall–Kier alpha value is -3.54. The van der Waals surface area contributed by atoms with Crippen molar-refractivity contribution in [2.24, 2.45) is 0 Å². The zero-order valence-electron chi connectivity index (χ0n) is 13.9. The minimum atomic E-state index is -1.06. The Morgan fingerprint density at radius 3 is 2.46 bits per heavy atom. The molecule has 0 fully saturated rings. The van der Waals surface area contributed by atoms with E-state index >= 15 is 0 Å². The van der Waals surface area contributed by atoms with Crippen molar-refractivity contribution in [2.45, 2.75) is 12.8 Å². The average Bonchev–Trinajstić information content (AvgIpc) is 2.67. The number of benzene rings is 1. The molecule has 3 rings (SSSR count). The second kappa shape index (κ2) is 8.02. The maximum Gasteiger partial charge on any atom is 0.337 e. The molecule has 1 aromatic carbocycles. The predicted octanol–water partition coefficient (Wildman–Crippen LogP) is 3.41. The summed E-state index contributed by atoms with van der Waals surface area (Å²) in [6.07, 6.45) is 5.77. The molecule has 2 heterocycles. The van der Waals surface area contributed by atoms with E-state index < -0.39 is 5.97 Å². The summed E-state index contributed by atoms with van der Waals surface area (Å²) in [7, 11) is 0. The molecule has 0 radical (unpaired) electrons. The van der Waals surface area contributed by atoms with Crippen molar-refractivity contribution in [2.75, 3.05) is 0 Å². The lowest BCUT2D eigenvalue weighted by molar-refractivity contribution is 0.0696. The second-order valence-corrected chi connectivity index (χ2v) is 5.69. The van der Waals surface area contributed by atoms with E-state index in [0.717, 1.165) is 18.5 Å². The zero-order chi connectivity index (χ0) is 18.4. The molecule has 0 bridgehead atoms. The molecule has 2 aromatic heterocycles. The zero-order valence-corrected chi connectivity index (χ0v) is 13.9. The molecule has 6 heteroatoms. The number of aliphatic hydroxyl groups excluding tert-OH is 1. The number of aliphatic hydroxyl groups is 1. The maximum atomic E-state index is 10.8. The molecule has 26 heavy (non-hydrogen) atoms. The Balaban J connectivity index is 1.72. The fraction of sp³-hybridized carbons (Fsp3) is 0.100. The van der Waals surface area contributed by atoms with Crippen LogP contribution in [0.4, 0.5) is 0 Å². The van der Waals surface area contributed by atoms with E-state index in [0.29, 0.717) is 5.69 Å². The highest BCUT2D eigenvalue weighted by Gasteiger charge is 2.06. The first-order chi connectivity index (χ1) is 12.6.